The van der Waals surface area contributed by atoms with E-state index in [1.807, 2.05) is 0 Å². The molecule has 0 aliphatic rings. The molecule has 90 valence electrons. The van der Waals surface area contributed by atoms with Gasteiger partial charge in [-0.1, -0.05) is 0 Å². The smallest absolute Gasteiger partial charge is 0.122 e. The van der Waals surface area contributed by atoms with Crippen molar-refractivity contribution in [2.45, 2.75) is 25.5 Å². The molecule has 0 amide bonds. The number of hydrogen-bond donors (Lipinski definition) is 2. The van der Waals surface area contributed by atoms with Crippen LogP contribution >= 0.6 is 0 Å². The first-order valence-corrected chi connectivity index (χ1v) is 5.08. The second-order valence-electron chi connectivity index (χ2n) is 4.37. The Kier molecular flexibility index (Phi) is 3.78. The summed E-state index contributed by atoms with van der Waals surface area (Å²) in [4.78, 5) is 0. The number of hydrogen-bond acceptors (Lipinski definition) is 4. The van der Waals surface area contributed by atoms with Crippen LogP contribution in [0.1, 0.15) is 25.5 Å². The molecular weight excluding hydrogens is 206 g/mol. The van der Waals surface area contributed by atoms with Gasteiger partial charge < -0.3 is 20.3 Å². The number of methoxy groups -OCH3 is 2. The van der Waals surface area contributed by atoms with E-state index < -0.39 is 11.6 Å². The number of aliphatic hydroxyl groups is 1. The lowest BCUT2D eigenvalue weighted by atomic mass is 9.92. The fraction of sp³-hybridized carbons (Fsp3) is 0.500. The number of ether oxygens (including phenoxy) is 2. The van der Waals surface area contributed by atoms with Crippen LogP contribution in [0.25, 0.3) is 0 Å². The molecule has 3 N–H and O–H groups in total. The van der Waals surface area contributed by atoms with Gasteiger partial charge in [-0.2, -0.15) is 0 Å². The van der Waals surface area contributed by atoms with Crippen LogP contribution in [0.3, 0.4) is 0 Å². The summed E-state index contributed by atoms with van der Waals surface area (Å²) >= 11 is 0. The second kappa shape index (κ2) is 4.72. The molecule has 0 saturated carbocycles. The van der Waals surface area contributed by atoms with Crippen molar-refractivity contribution in [1.29, 1.82) is 0 Å². The Morgan fingerprint density at radius 1 is 1.12 bits per heavy atom. The number of rotatable bonds is 4. The van der Waals surface area contributed by atoms with E-state index in [4.69, 9.17) is 15.2 Å². The molecule has 0 aliphatic heterocycles. The molecule has 4 nitrogen and oxygen atoms in total. The summed E-state index contributed by atoms with van der Waals surface area (Å²) in [7, 11) is 3.14. The highest BCUT2D eigenvalue weighted by Gasteiger charge is 2.25. The quantitative estimate of drug-likeness (QED) is 0.814. The highest BCUT2D eigenvalue weighted by Crippen LogP contribution is 2.30. The maximum absolute atomic E-state index is 10.1. The Labute approximate surface area is 96.0 Å². The third-order valence-electron chi connectivity index (χ3n) is 2.39. The van der Waals surface area contributed by atoms with Gasteiger partial charge in [0.2, 0.25) is 0 Å². The monoisotopic (exact) mass is 225 g/mol. The van der Waals surface area contributed by atoms with Crippen molar-refractivity contribution in [2.75, 3.05) is 14.2 Å². The molecule has 0 heterocycles. The Balaban J connectivity index is 3.13. The minimum absolute atomic E-state index is 0.637. The largest absolute Gasteiger partial charge is 0.497 e. The van der Waals surface area contributed by atoms with E-state index in [0.29, 0.717) is 17.1 Å². The molecule has 0 spiro atoms. The van der Waals surface area contributed by atoms with Crippen molar-refractivity contribution in [2.24, 2.45) is 5.73 Å². The fourth-order valence-corrected chi connectivity index (χ4v) is 1.42. The van der Waals surface area contributed by atoms with Crippen molar-refractivity contribution in [3.05, 3.63) is 23.8 Å². The van der Waals surface area contributed by atoms with E-state index in [1.165, 1.54) is 0 Å². The van der Waals surface area contributed by atoms with E-state index in [0.717, 1.165) is 0 Å². The van der Waals surface area contributed by atoms with Gasteiger partial charge in [-0.25, -0.2) is 0 Å². The molecule has 0 saturated heterocycles. The standard InChI is InChI=1S/C12H19NO3/c1-12(2,13)11(14)8-5-9(15-3)7-10(6-8)16-4/h5-7,11,14H,13H2,1-4H3. The summed E-state index contributed by atoms with van der Waals surface area (Å²) in [6.45, 7) is 3.53. The van der Waals surface area contributed by atoms with E-state index in [-0.39, 0.29) is 0 Å². The summed E-state index contributed by atoms with van der Waals surface area (Å²) in [5.41, 5.74) is 5.84. The van der Waals surface area contributed by atoms with Gasteiger partial charge in [-0.3, -0.25) is 0 Å². The van der Waals surface area contributed by atoms with Gasteiger partial charge in [0.25, 0.3) is 0 Å². The lowest BCUT2D eigenvalue weighted by Gasteiger charge is -2.26. The molecule has 0 bridgehead atoms. The molecule has 0 radical (unpaired) electrons. The van der Waals surface area contributed by atoms with Gasteiger partial charge in [0, 0.05) is 11.6 Å². The highest BCUT2D eigenvalue weighted by molar-refractivity contribution is 5.40. The van der Waals surface area contributed by atoms with Gasteiger partial charge >= 0.3 is 0 Å². The average Bonchev–Trinajstić information content (AvgIpc) is 2.26. The number of nitrogens with two attached hydrogens (primary N) is 1. The van der Waals surface area contributed by atoms with Gasteiger partial charge in [0.1, 0.15) is 11.5 Å². The SMILES string of the molecule is COc1cc(OC)cc(C(O)C(C)(C)N)c1. The summed E-state index contributed by atoms with van der Waals surface area (Å²) in [6, 6.07) is 5.25. The maximum Gasteiger partial charge on any atom is 0.122 e. The highest BCUT2D eigenvalue weighted by atomic mass is 16.5. The second-order valence-corrected chi connectivity index (χ2v) is 4.37. The van der Waals surface area contributed by atoms with Crippen LogP contribution in [0.2, 0.25) is 0 Å². The molecule has 4 heteroatoms. The first-order valence-electron chi connectivity index (χ1n) is 5.08. The summed E-state index contributed by atoms with van der Waals surface area (Å²) in [6.07, 6.45) is -0.767. The van der Waals surface area contributed by atoms with Crippen LogP contribution in [0.15, 0.2) is 18.2 Å². The first kappa shape index (κ1) is 12.8. The molecule has 1 atom stereocenters. The summed E-state index contributed by atoms with van der Waals surface area (Å²) in [5, 5.41) is 10.1. The van der Waals surface area contributed by atoms with Crippen molar-refractivity contribution >= 4 is 0 Å². The zero-order valence-corrected chi connectivity index (χ0v) is 10.2. The van der Waals surface area contributed by atoms with Gasteiger partial charge in [0.05, 0.1) is 20.3 Å². The van der Waals surface area contributed by atoms with Gasteiger partial charge in [-0.05, 0) is 31.5 Å². The minimum atomic E-state index is -0.767. The molecule has 16 heavy (non-hydrogen) atoms. The van der Waals surface area contributed by atoms with Crippen molar-refractivity contribution in [3.63, 3.8) is 0 Å². The van der Waals surface area contributed by atoms with Crippen LogP contribution in [0.5, 0.6) is 11.5 Å². The third kappa shape index (κ3) is 2.87. The van der Waals surface area contributed by atoms with E-state index >= 15 is 0 Å². The molecule has 1 aromatic carbocycles. The average molecular weight is 225 g/mol. The van der Waals surface area contributed by atoms with Crippen LogP contribution in [-0.4, -0.2) is 24.9 Å². The molecule has 0 aliphatic carbocycles. The van der Waals surface area contributed by atoms with Crippen LogP contribution in [0, 0.1) is 0 Å². The zero-order valence-electron chi connectivity index (χ0n) is 10.2. The minimum Gasteiger partial charge on any atom is -0.497 e. The van der Waals surface area contributed by atoms with Crippen LogP contribution in [0.4, 0.5) is 0 Å². The summed E-state index contributed by atoms with van der Waals surface area (Å²) < 4.78 is 10.3. The summed E-state index contributed by atoms with van der Waals surface area (Å²) in [5.74, 6) is 1.27. The molecule has 0 fully saturated rings. The third-order valence-corrected chi connectivity index (χ3v) is 2.39. The lowest BCUT2D eigenvalue weighted by Crippen LogP contribution is -2.39. The molecular formula is C12H19NO3. The van der Waals surface area contributed by atoms with Gasteiger partial charge in [0.15, 0.2) is 0 Å². The maximum atomic E-state index is 10.1. The predicted molar refractivity (Wildman–Crippen MR) is 62.8 cm³/mol. The van der Waals surface area contributed by atoms with Crippen molar-refractivity contribution < 1.29 is 14.6 Å². The van der Waals surface area contributed by atoms with E-state index in [2.05, 4.69) is 0 Å². The van der Waals surface area contributed by atoms with Gasteiger partial charge in [-0.15, -0.1) is 0 Å². The lowest BCUT2D eigenvalue weighted by molar-refractivity contribution is 0.104. The van der Waals surface area contributed by atoms with Crippen molar-refractivity contribution in [1.82, 2.24) is 0 Å². The Bertz CT molecular complexity index is 336. The first-order chi connectivity index (χ1) is 7.38. The Morgan fingerprint density at radius 2 is 1.56 bits per heavy atom. The Hall–Kier alpha value is -1.26. The Morgan fingerprint density at radius 3 is 1.88 bits per heavy atom. The van der Waals surface area contributed by atoms with E-state index in [9.17, 15) is 5.11 Å². The zero-order chi connectivity index (χ0) is 12.3. The molecule has 1 aromatic rings. The molecule has 1 unspecified atom stereocenters. The fourth-order valence-electron chi connectivity index (χ4n) is 1.42. The van der Waals surface area contributed by atoms with Crippen LogP contribution in [-0.2, 0) is 0 Å². The van der Waals surface area contributed by atoms with Crippen molar-refractivity contribution in [3.8, 4) is 11.5 Å². The predicted octanol–water partition coefficient (Wildman–Crippen LogP) is 1.47. The molecule has 1 rings (SSSR count). The normalized spacial score (nSPS) is 13.4. The topological polar surface area (TPSA) is 64.7 Å². The number of aliphatic hydroxyl groups excluding tert-OH is 1. The van der Waals surface area contributed by atoms with E-state index in [1.54, 1.807) is 46.3 Å². The number of benzene rings is 1. The van der Waals surface area contributed by atoms with Crippen LogP contribution < -0.4 is 15.2 Å². The molecule has 0 aromatic heterocycles.